The zero-order valence-electron chi connectivity index (χ0n) is 18.5. The van der Waals surface area contributed by atoms with E-state index in [1.807, 2.05) is 0 Å². The predicted molar refractivity (Wildman–Crippen MR) is 122 cm³/mol. The van der Waals surface area contributed by atoms with E-state index in [1.165, 1.54) is 18.2 Å². The summed E-state index contributed by atoms with van der Waals surface area (Å²) in [6, 6.07) is 12.8. The van der Waals surface area contributed by atoms with Crippen LogP contribution in [0.5, 0.6) is 11.6 Å². The van der Waals surface area contributed by atoms with Crippen LogP contribution in [-0.2, 0) is 24.2 Å². The lowest BCUT2D eigenvalue weighted by molar-refractivity contribution is -0.384. The molecule has 10 heteroatoms. The van der Waals surface area contributed by atoms with Gasteiger partial charge in [0.25, 0.3) is 5.69 Å². The highest BCUT2D eigenvalue weighted by molar-refractivity contribution is 5.44. The molecule has 176 valence electrons. The monoisotopic (exact) mass is 465 g/mol. The maximum Gasteiger partial charge on any atom is 0.269 e. The number of anilines is 1. The molecule has 1 fully saturated rings. The second-order valence-electron chi connectivity index (χ2n) is 8.27. The number of hydrogen-bond acceptors (Lipinski definition) is 8. The van der Waals surface area contributed by atoms with Gasteiger partial charge in [-0.2, -0.15) is 4.98 Å². The minimum Gasteiger partial charge on any atom is -0.435 e. The van der Waals surface area contributed by atoms with E-state index in [9.17, 15) is 14.5 Å². The van der Waals surface area contributed by atoms with Crippen molar-refractivity contribution in [2.75, 3.05) is 37.7 Å². The van der Waals surface area contributed by atoms with Crippen molar-refractivity contribution in [2.45, 2.75) is 19.5 Å². The van der Waals surface area contributed by atoms with Crippen LogP contribution in [0.15, 0.2) is 48.5 Å². The van der Waals surface area contributed by atoms with Gasteiger partial charge in [-0.3, -0.25) is 15.0 Å². The van der Waals surface area contributed by atoms with Crippen molar-refractivity contribution in [3.8, 4) is 11.6 Å². The van der Waals surface area contributed by atoms with E-state index in [0.717, 1.165) is 23.4 Å². The molecule has 0 amide bonds. The second-order valence-corrected chi connectivity index (χ2v) is 8.27. The highest BCUT2D eigenvalue weighted by Gasteiger charge is 2.26. The molecule has 0 radical (unpaired) electrons. The van der Waals surface area contributed by atoms with E-state index in [1.54, 1.807) is 30.3 Å². The number of hydrogen-bond donors (Lipinski definition) is 0. The number of halogens is 1. The Bertz CT molecular complexity index is 1180. The van der Waals surface area contributed by atoms with Gasteiger partial charge in [-0.05, 0) is 17.7 Å². The SMILES string of the molecule is O=[N+]([O-])c1ccc(CN2CCc3nc(N4CCOCC4)nc(Oc4ccccc4F)c3C2)cc1. The molecule has 0 N–H and O–H groups in total. The summed E-state index contributed by atoms with van der Waals surface area (Å²) >= 11 is 0. The number of rotatable bonds is 6. The van der Waals surface area contributed by atoms with Crippen molar-refractivity contribution in [1.29, 1.82) is 0 Å². The van der Waals surface area contributed by atoms with Crippen LogP contribution in [0.4, 0.5) is 16.0 Å². The maximum atomic E-state index is 14.4. The molecule has 0 bridgehead atoms. The van der Waals surface area contributed by atoms with E-state index in [0.29, 0.717) is 57.6 Å². The van der Waals surface area contributed by atoms with Crippen LogP contribution in [-0.4, -0.2) is 52.6 Å². The first-order valence-corrected chi connectivity index (χ1v) is 11.2. The standard InChI is InChI=1S/C24H24FN5O4/c25-20-3-1-2-4-22(20)34-23-19-16-28(15-17-5-7-18(8-6-17)30(31)32)10-9-21(19)26-24(27-23)29-11-13-33-14-12-29/h1-8H,9-16H2. The van der Waals surface area contributed by atoms with Crippen LogP contribution in [0.3, 0.4) is 0 Å². The molecule has 3 aromatic rings. The first kappa shape index (κ1) is 22.2. The average Bonchev–Trinajstić information content (AvgIpc) is 2.86. The van der Waals surface area contributed by atoms with Gasteiger partial charge in [-0.15, -0.1) is 0 Å². The van der Waals surface area contributed by atoms with Gasteiger partial charge in [0.05, 0.1) is 29.4 Å². The van der Waals surface area contributed by atoms with Crippen LogP contribution < -0.4 is 9.64 Å². The number of para-hydroxylation sites is 1. The predicted octanol–water partition coefficient (Wildman–Crippen LogP) is 3.71. The molecule has 5 rings (SSSR count). The van der Waals surface area contributed by atoms with E-state index >= 15 is 0 Å². The molecule has 0 saturated carbocycles. The van der Waals surface area contributed by atoms with Crippen molar-refractivity contribution >= 4 is 11.6 Å². The van der Waals surface area contributed by atoms with Crippen molar-refractivity contribution in [3.05, 3.63) is 81.3 Å². The molecule has 34 heavy (non-hydrogen) atoms. The second kappa shape index (κ2) is 9.70. The lowest BCUT2D eigenvalue weighted by atomic mass is 10.1. The molecule has 3 heterocycles. The Kier molecular flexibility index (Phi) is 6.33. The van der Waals surface area contributed by atoms with E-state index in [2.05, 4.69) is 14.8 Å². The molecule has 2 aliphatic heterocycles. The number of nitro groups is 1. The van der Waals surface area contributed by atoms with Crippen LogP contribution in [0.25, 0.3) is 0 Å². The third kappa shape index (κ3) is 4.82. The van der Waals surface area contributed by atoms with Gasteiger partial charge in [0.2, 0.25) is 11.8 Å². The molecule has 0 aliphatic carbocycles. The average molecular weight is 465 g/mol. The molecule has 2 aliphatic rings. The van der Waals surface area contributed by atoms with Crippen molar-refractivity contribution < 1.29 is 18.8 Å². The summed E-state index contributed by atoms with van der Waals surface area (Å²) in [7, 11) is 0. The fourth-order valence-electron chi connectivity index (χ4n) is 4.16. The van der Waals surface area contributed by atoms with E-state index in [4.69, 9.17) is 14.5 Å². The number of nitrogens with zero attached hydrogens (tertiary/aromatic N) is 5. The lowest BCUT2D eigenvalue weighted by Gasteiger charge is -2.31. The van der Waals surface area contributed by atoms with Gasteiger partial charge in [0, 0.05) is 51.3 Å². The summed E-state index contributed by atoms with van der Waals surface area (Å²) in [5.41, 5.74) is 2.75. The summed E-state index contributed by atoms with van der Waals surface area (Å²) in [4.78, 5) is 24.3. The summed E-state index contributed by atoms with van der Waals surface area (Å²) in [6.07, 6.45) is 0.690. The summed E-state index contributed by atoms with van der Waals surface area (Å²) in [5.74, 6) is 0.576. The van der Waals surface area contributed by atoms with Gasteiger partial charge >= 0.3 is 0 Å². The van der Waals surface area contributed by atoms with E-state index < -0.39 is 10.7 Å². The number of nitro benzene ring substituents is 1. The van der Waals surface area contributed by atoms with Gasteiger partial charge in [-0.25, -0.2) is 9.37 Å². The molecule has 1 aromatic heterocycles. The third-order valence-electron chi connectivity index (χ3n) is 5.98. The van der Waals surface area contributed by atoms with Gasteiger partial charge < -0.3 is 14.4 Å². The number of aromatic nitrogens is 2. The smallest absolute Gasteiger partial charge is 0.269 e. The first-order chi connectivity index (χ1) is 16.6. The molecule has 9 nitrogen and oxygen atoms in total. The fourth-order valence-corrected chi connectivity index (χ4v) is 4.16. The van der Waals surface area contributed by atoms with E-state index in [-0.39, 0.29) is 11.4 Å². The molecule has 0 atom stereocenters. The van der Waals surface area contributed by atoms with Crippen LogP contribution in [0.1, 0.15) is 16.8 Å². The Morgan fingerprint density at radius 2 is 1.82 bits per heavy atom. The Hall–Kier alpha value is -3.63. The minimum absolute atomic E-state index is 0.0670. The lowest BCUT2D eigenvalue weighted by Crippen LogP contribution is -2.38. The minimum atomic E-state index is -0.457. The zero-order valence-corrected chi connectivity index (χ0v) is 18.5. The normalized spacial score (nSPS) is 16.2. The van der Waals surface area contributed by atoms with Crippen LogP contribution in [0, 0.1) is 15.9 Å². The Balaban J connectivity index is 1.43. The number of fused-ring (bicyclic) bond motifs is 1. The maximum absolute atomic E-state index is 14.4. The number of non-ortho nitro benzene ring substituents is 1. The zero-order chi connectivity index (χ0) is 23.5. The molecule has 0 unspecified atom stereocenters. The van der Waals surface area contributed by atoms with Crippen LogP contribution >= 0.6 is 0 Å². The summed E-state index contributed by atoms with van der Waals surface area (Å²) < 4.78 is 25.8. The molecule has 0 spiro atoms. The van der Waals surface area contributed by atoms with Gasteiger partial charge in [0.1, 0.15) is 0 Å². The van der Waals surface area contributed by atoms with Crippen molar-refractivity contribution in [3.63, 3.8) is 0 Å². The van der Waals surface area contributed by atoms with Crippen molar-refractivity contribution in [2.24, 2.45) is 0 Å². The van der Waals surface area contributed by atoms with Gasteiger partial charge in [-0.1, -0.05) is 24.3 Å². The van der Waals surface area contributed by atoms with Crippen molar-refractivity contribution in [1.82, 2.24) is 14.9 Å². The number of ether oxygens (including phenoxy) is 2. The van der Waals surface area contributed by atoms with Gasteiger partial charge in [0.15, 0.2) is 11.6 Å². The number of morpholine rings is 1. The highest BCUT2D eigenvalue weighted by Crippen LogP contribution is 2.33. The number of benzene rings is 2. The Labute approximate surface area is 195 Å². The molecular formula is C24H24FN5O4. The first-order valence-electron chi connectivity index (χ1n) is 11.2. The molecule has 1 saturated heterocycles. The largest absolute Gasteiger partial charge is 0.435 e. The topological polar surface area (TPSA) is 93.9 Å². The fraction of sp³-hybridized carbons (Fsp3) is 0.333. The third-order valence-corrected chi connectivity index (χ3v) is 5.98. The molecule has 2 aromatic carbocycles. The summed E-state index contributed by atoms with van der Waals surface area (Å²) in [6.45, 7) is 4.48. The summed E-state index contributed by atoms with van der Waals surface area (Å²) in [5, 5.41) is 10.9. The Morgan fingerprint density at radius 3 is 2.56 bits per heavy atom. The Morgan fingerprint density at radius 1 is 1.06 bits per heavy atom. The highest BCUT2D eigenvalue weighted by atomic mass is 19.1. The quantitative estimate of drug-likeness (QED) is 0.402. The molecular weight excluding hydrogens is 441 g/mol. The van der Waals surface area contributed by atoms with Crippen LogP contribution in [0.2, 0.25) is 0 Å².